The SMILES string of the molecule is COc1ccc(S(=O)(=O)N(CC(=O)N(Cc2ccccc2Cl)[C@@H](Cc2ccccc2)C(=O)NC(C)C)c2ccc(F)cc2)cc1. The molecule has 0 saturated carbocycles. The number of rotatable bonds is 13. The van der Waals surface area contributed by atoms with Crippen LogP contribution < -0.4 is 14.4 Å². The Hall–Kier alpha value is -4.41. The van der Waals surface area contributed by atoms with Crippen LogP contribution in [0.15, 0.2) is 108 Å². The molecule has 8 nitrogen and oxygen atoms in total. The summed E-state index contributed by atoms with van der Waals surface area (Å²) in [4.78, 5) is 29.4. The van der Waals surface area contributed by atoms with E-state index in [9.17, 15) is 22.4 Å². The van der Waals surface area contributed by atoms with Gasteiger partial charge in [-0.25, -0.2) is 12.8 Å². The van der Waals surface area contributed by atoms with E-state index in [2.05, 4.69) is 5.32 Å². The molecule has 236 valence electrons. The number of nitrogens with zero attached hydrogens (tertiary/aromatic N) is 2. The van der Waals surface area contributed by atoms with Crippen molar-refractivity contribution in [2.75, 3.05) is 18.0 Å². The first kappa shape index (κ1) is 33.5. The van der Waals surface area contributed by atoms with Gasteiger partial charge in [0.2, 0.25) is 11.8 Å². The van der Waals surface area contributed by atoms with E-state index in [0.29, 0.717) is 16.3 Å². The van der Waals surface area contributed by atoms with Crippen molar-refractivity contribution in [2.45, 2.75) is 43.8 Å². The Morgan fingerprint density at radius 1 is 0.889 bits per heavy atom. The third-order valence-corrected chi connectivity index (χ3v) is 9.20. The van der Waals surface area contributed by atoms with Crippen molar-refractivity contribution in [3.05, 3.63) is 125 Å². The minimum Gasteiger partial charge on any atom is -0.497 e. The highest BCUT2D eigenvalue weighted by atomic mass is 35.5. The van der Waals surface area contributed by atoms with Crippen molar-refractivity contribution in [3.8, 4) is 5.75 Å². The summed E-state index contributed by atoms with van der Waals surface area (Å²) in [5, 5.41) is 3.29. The predicted molar refractivity (Wildman–Crippen MR) is 173 cm³/mol. The number of nitrogens with one attached hydrogen (secondary N) is 1. The zero-order valence-electron chi connectivity index (χ0n) is 25.2. The summed E-state index contributed by atoms with van der Waals surface area (Å²) in [6, 6.07) is 25.5. The highest BCUT2D eigenvalue weighted by molar-refractivity contribution is 7.92. The van der Waals surface area contributed by atoms with Crippen molar-refractivity contribution in [1.29, 1.82) is 0 Å². The molecule has 0 aromatic heterocycles. The van der Waals surface area contributed by atoms with E-state index >= 15 is 0 Å². The van der Waals surface area contributed by atoms with Crippen molar-refractivity contribution >= 4 is 39.1 Å². The zero-order valence-corrected chi connectivity index (χ0v) is 26.8. The molecule has 4 rings (SSSR count). The van der Waals surface area contributed by atoms with E-state index in [1.807, 2.05) is 44.2 Å². The summed E-state index contributed by atoms with van der Waals surface area (Å²) >= 11 is 6.51. The van der Waals surface area contributed by atoms with Gasteiger partial charge >= 0.3 is 0 Å². The highest BCUT2D eigenvalue weighted by Gasteiger charge is 2.35. The lowest BCUT2D eigenvalue weighted by Gasteiger charge is -2.34. The maximum Gasteiger partial charge on any atom is 0.264 e. The molecular formula is C34H35ClFN3O5S. The van der Waals surface area contributed by atoms with Gasteiger partial charge in [-0.3, -0.25) is 13.9 Å². The van der Waals surface area contributed by atoms with Crippen molar-refractivity contribution in [2.24, 2.45) is 0 Å². The first-order valence-electron chi connectivity index (χ1n) is 14.3. The van der Waals surface area contributed by atoms with Crippen LogP contribution in [-0.4, -0.2) is 50.9 Å². The number of halogens is 2. The van der Waals surface area contributed by atoms with Crippen LogP contribution in [0.3, 0.4) is 0 Å². The van der Waals surface area contributed by atoms with Crippen LogP contribution in [0, 0.1) is 5.82 Å². The number of carbonyl (C=O) groups is 2. The number of amides is 2. The Kier molecular flexibility index (Phi) is 11.2. The van der Waals surface area contributed by atoms with E-state index in [1.165, 1.54) is 48.4 Å². The third-order valence-electron chi connectivity index (χ3n) is 7.04. The molecule has 45 heavy (non-hydrogen) atoms. The molecule has 11 heteroatoms. The maximum absolute atomic E-state index is 14.4. The number of hydrogen-bond donors (Lipinski definition) is 1. The van der Waals surface area contributed by atoms with Crippen LogP contribution in [-0.2, 0) is 32.6 Å². The Bertz CT molecular complexity index is 1700. The maximum atomic E-state index is 14.4. The van der Waals surface area contributed by atoms with Gasteiger partial charge in [-0.2, -0.15) is 0 Å². The number of sulfonamides is 1. The van der Waals surface area contributed by atoms with Gasteiger partial charge in [-0.05, 0) is 79.6 Å². The molecule has 0 radical (unpaired) electrons. The molecule has 4 aromatic carbocycles. The van der Waals surface area contributed by atoms with Crippen LogP contribution in [0.5, 0.6) is 5.75 Å². The Morgan fingerprint density at radius 2 is 1.51 bits per heavy atom. The molecule has 1 N–H and O–H groups in total. The minimum atomic E-state index is -4.34. The molecule has 0 aliphatic heterocycles. The first-order valence-corrected chi connectivity index (χ1v) is 16.1. The highest BCUT2D eigenvalue weighted by Crippen LogP contribution is 2.27. The fourth-order valence-corrected chi connectivity index (χ4v) is 6.37. The van der Waals surface area contributed by atoms with Gasteiger partial charge in [-0.15, -0.1) is 0 Å². The van der Waals surface area contributed by atoms with Crippen LogP contribution >= 0.6 is 11.6 Å². The molecule has 0 aliphatic rings. The van der Waals surface area contributed by atoms with Crippen LogP contribution in [0.25, 0.3) is 0 Å². The summed E-state index contributed by atoms with van der Waals surface area (Å²) in [5.74, 6) is -1.18. The molecular weight excluding hydrogens is 617 g/mol. The first-order chi connectivity index (χ1) is 21.5. The summed E-state index contributed by atoms with van der Waals surface area (Å²) in [5.41, 5.74) is 1.46. The lowest BCUT2D eigenvalue weighted by atomic mass is 10.0. The number of anilines is 1. The largest absolute Gasteiger partial charge is 0.497 e. The second-order valence-corrected chi connectivity index (χ2v) is 12.9. The second-order valence-electron chi connectivity index (χ2n) is 10.6. The molecule has 2 amide bonds. The number of hydrogen-bond acceptors (Lipinski definition) is 5. The van der Waals surface area contributed by atoms with Gasteiger partial charge in [0.1, 0.15) is 24.2 Å². The number of carbonyl (C=O) groups excluding carboxylic acids is 2. The van der Waals surface area contributed by atoms with Crippen LogP contribution in [0.1, 0.15) is 25.0 Å². The second kappa shape index (κ2) is 15.0. The Morgan fingerprint density at radius 3 is 2.11 bits per heavy atom. The van der Waals surface area contributed by atoms with E-state index in [4.69, 9.17) is 16.3 Å². The molecule has 0 spiro atoms. The Balaban J connectivity index is 1.81. The molecule has 0 unspecified atom stereocenters. The average molecular weight is 652 g/mol. The predicted octanol–water partition coefficient (Wildman–Crippen LogP) is 5.85. The van der Waals surface area contributed by atoms with E-state index in [1.54, 1.807) is 24.3 Å². The quantitative estimate of drug-likeness (QED) is 0.196. The topological polar surface area (TPSA) is 96.0 Å². The smallest absolute Gasteiger partial charge is 0.264 e. The summed E-state index contributed by atoms with van der Waals surface area (Å²) in [6.45, 7) is 2.89. The van der Waals surface area contributed by atoms with E-state index in [-0.39, 0.29) is 29.6 Å². The zero-order chi connectivity index (χ0) is 32.6. The van der Waals surface area contributed by atoms with E-state index in [0.717, 1.165) is 22.0 Å². The minimum absolute atomic E-state index is 0.0681. The lowest BCUT2D eigenvalue weighted by molar-refractivity contribution is -0.140. The van der Waals surface area contributed by atoms with Crippen molar-refractivity contribution in [3.63, 3.8) is 0 Å². The monoisotopic (exact) mass is 651 g/mol. The van der Waals surface area contributed by atoms with Gasteiger partial charge in [0.05, 0.1) is 17.7 Å². The van der Waals surface area contributed by atoms with Gasteiger partial charge in [0.15, 0.2) is 0 Å². The van der Waals surface area contributed by atoms with Crippen LogP contribution in [0.2, 0.25) is 5.02 Å². The molecule has 0 heterocycles. The number of benzene rings is 4. The molecule has 0 saturated heterocycles. The molecule has 1 atom stereocenters. The summed E-state index contributed by atoms with van der Waals surface area (Å²) in [7, 11) is -2.88. The Labute approximate surface area is 268 Å². The van der Waals surface area contributed by atoms with Gasteiger partial charge in [0.25, 0.3) is 10.0 Å². The third kappa shape index (κ3) is 8.61. The van der Waals surface area contributed by atoms with Crippen molar-refractivity contribution in [1.82, 2.24) is 10.2 Å². The average Bonchev–Trinajstić information content (AvgIpc) is 3.03. The number of methoxy groups -OCH3 is 1. The van der Waals surface area contributed by atoms with E-state index < -0.39 is 40.2 Å². The molecule has 0 fully saturated rings. The number of ether oxygens (including phenoxy) is 1. The summed E-state index contributed by atoms with van der Waals surface area (Å²) in [6.07, 6.45) is 0.164. The molecule has 0 bridgehead atoms. The molecule has 4 aromatic rings. The fraction of sp³-hybridized carbons (Fsp3) is 0.235. The fourth-order valence-electron chi connectivity index (χ4n) is 4.76. The standard InChI is InChI=1S/C34H35ClFN3O5S/c1-24(2)37-34(41)32(21-25-9-5-4-6-10-25)38(22-26-11-7-8-12-31(26)35)33(40)23-39(28-15-13-27(36)14-16-28)45(42,43)30-19-17-29(44-3)18-20-30/h4-20,24,32H,21-23H2,1-3H3,(H,37,41)/t32-/m0/s1. The van der Waals surface area contributed by atoms with Gasteiger partial charge in [-0.1, -0.05) is 60.1 Å². The van der Waals surface area contributed by atoms with Crippen molar-refractivity contribution < 1.29 is 27.1 Å². The van der Waals surface area contributed by atoms with Gasteiger partial charge in [0, 0.05) is 24.0 Å². The van der Waals surface area contributed by atoms with Gasteiger partial charge < -0.3 is 15.0 Å². The van der Waals surface area contributed by atoms with Crippen LogP contribution in [0.4, 0.5) is 10.1 Å². The normalized spacial score (nSPS) is 12.0. The summed E-state index contributed by atoms with van der Waals surface area (Å²) < 4.78 is 48.1. The lowest BCUT2D eigenvalue weighted by Crippen LogP contribution is -2.54. The molecule has 0 aliphatic carbocycles.